The molecule has 2 aromatic rings. The number of aliphatic hydroxyl groups excluding tert-OH is 1. The smallest absolute Gasteiger partial charge is 0.159 e. The zero-order valence-corrected chi connectivity index (χ0v) is 20.1. The van der Waals surface area contributed by atoms with Crippen LogP contribution < -0.4 is 5.32 Å². The number of carbonyl (C=O) groups is 1. The maximum absolute atomic E-state index is 13.5. The zero-order valence-electron chi connectivity index (χ0n) is 18.6. The summed E-state index contributed by atoms with van der Waals surface area (Å²) < 4.78 is 0. The lowest BCUT2D eigenvalue weighted by atomic mass is 9.69. The Bertz CT molecular complexity index is 974. The van der Waals surface area contributed by atoms with Gasteiger partial charge in [-0.3, -0.25) is 4.79 Å². The minimum atomic E-state index is -1.20. The van der Waals surface area contributed by atoms with Crippen LogP contribution in [0.3, 0.4) is 0 Å². The lowest BCUT2D eigenvalue weighted by Crippen LogP contribution is -2.53. The lowest BCUT2D eigenvalue weighted by Gasteiger charge is -2.43. The van der Waals surface area contributed by atoms with E-state index in [2.05, 4.69) is 5.32 Å². The molecule has 4 nitrogen and oxygen atoms in total. The molecule has 1 heterocycles. The standard InChI is InChI=1S/C26H31Cl2NO3/c1-3-4-24(31)23(14-19-13-21(28)8-5-17(19)2)25(18-6-9-20(27)10-7-18)26(32)11-12-29-22(15-26)16-30/h5-10,13-14,22,25,29-30,32H,3-4,11-12,15-16H2,1-2H3. The maximum atomic E-state index is 13.5. The fourth-order valence-corrected chi connectivity index (χ4v) is 4.86. The Morgan fingerprint density at radius 2 is 1.91 bits per heavy atom. The second-order valence-electron chi connectivity index (χ2n) is 8.65. The molecule has 0 aliphatic carbocycles. The molecule has 3 unspecified atom stereocenters. The van der Waals surface area contributed by atoms with Gasteiger partial charge in [-0.25, -0.2) is 0 Å². The molecule has 3 atom stereocenters. The van der Waals surface area contributed by atoms with Crippen molar-refractivity contribution in [3.05, 3.63) is 74.8 Å². The Hall–Kier alpha value is -1.69. The highest BCUT2D eigenvalue weighted by Crippen LogP contribution is 2.43. The van der Waals surface area contributed by atoms with Crippen molar-refractivity contribution in [3.8, 4) is 0 Å². The number of nitrogens with one attached hydrogen (secondary N) is 1. The number of aryl methyl sites for hydroxylation is 1. The molecular formula is C26H31Cl2NO3. The number of hydrogen-bond donors (Lipinski definition) is 3. The molecule has 0 amide bonds. The van der Waals surface area contributed by atoms with Gasteiger partial charge in [-0.15, -0.1) is 0 Å². The molecule has 1 aliphatic rings. The van der Waals surface area contributed by atoms with Crippen molar-refractivity contribution in [2.24, 2.45) is 0 Å². The summed E-state index contributed by atoms with van der Waals surface area (Å²) in [5, 5.41) is 26.1. The van der Waals surface area contributed by atoms with Crippen molar-refractivity contribution in [1.29, 1.82) is 0 Å². The van der Waals surface area contributed by atoms with Crippen molar-refractivity contribution in [3.63, 3.8) is 0 Å². The molecule has 2 aromatic carbocycles. The van der Waals surface area contributed by atoms with Crippen molar-refractivity contribution in [2.75, 3.05) is 13.2 Å². The van der Waals surface area contributed by atoms with Crippen LogP contribution in [-0.2, 0) is 4.79 Å². The van der Waals surface area contributed by atoms with Crippen LogP contribution in [0.1, 0.15) is 55.2 Å². The molecule has 32 heavy (non-hydrogen) atoms. The number of benzene rings is 2. The van der Waals surface area contributed by atoms with Crippen LogP contribution in [0.5, 0.6) is 0 Å². The van der Waals surface area contributed by atoms with Gasteiger partial charge in [0.1, 0.15) is 0 Å². The van der Waals surface area contributed by atoms with Gasteiger partial charge in [-0.2, -0.15) is 0 Å². The van der Waals surface area contributed by atoms with E-state index in [0.717, 1.165) is 16.7 Å². The highest BCUT2D eigenvalue weighted by atomic mass is 35.5. The number of hydrogen-bond acceptors (Lipinski definition) is 4. The summed E-state index contributed by atoms with van der Waals surface area (Å²) in [6.07, 6.45) is 3.77. The van der Waals surface area contributed by atoms with Crippen molar-refractivity contribution < 1.29 is 15.0 Å². The van der Waals surface area contributed by atoms with Gasteiger partial charge in [0, 0.05) is 34.0 Å². The number of carbonyl (C=O) groups excluding carboxylic acids is 1. The van der Waals surface area contributed by atoms with Gasteiger partial charge in [0.15, 0.2) is 5.78 Å². The quantitative estimate of drug-likeness (QED) is 0.452. The van der Waals surface area contributed by atoms with Crippen LogP contribution in [0, 0.1) is 6.92 Å². The predicted octanol–water partition coefficient (Wildman–Crippen LogP) is 5.31. The third-order valence-corrected chi connectivity index (χ3v) is 6.70. The lowest BCUT2D eigenvalue weighted by molar-refractivity contribution is -0.117. The van der Waals surface area contributed by atoms with Gasteiger partial charge in [0.05, 0.1) is 12.2 Å². The fourth-order valence-electron chi connectivity index (χ4n) is 4.55. The first-order chi connectivity index (χ1) is 15.3. The van der Waals surface area contributed by atoms with Crippen molar-refractivity contribution in [2.45, 2.75) is 57.1 Å². The summed E-state index contributed by atoms with van der Waals surface area (Å²) in [6, 6.07) is 12.7. The molecule has 1 fully saturated rings. The Kier molecular flexibility index (Phi) is 8.54. The van der Waals surface area contributed by atoms with Gasteiger partial charge in [0.2, 0.25) is 0 Å². The number of piperidine rings is 1. The van der Waals surface area contributed by atoms with Crippen LogP contribution in [-0.4, -0.2) is 40.8 Å². The molecule has 3 N–H and O–H groups in total. The molecular weight excluding hydrogens is 445 g/mol. The van der Waals surface area contributed by atoms with Gasteiger partial charge in [0.25, 0.3) is 0 Å². The van der Waals surface area contributed by atoms with Gasteiger partial charge in [-0.1, -0.05) is 48.3 Å². The minimum Gasteiger partial charge on any atom is -0.395 e. The number of aliphatic hydroxyl groups is 2. The van der Waals surface area contributed by atoms with E-state index in [1.54, 1.807) is 12.1 Å². The summed E-state index contributed by atoms with van der Waals surface area (Å²) in [6.45, 7) is 4.42. The van der Waals surface area contributed by atoms with Crippen LogP contribution in [0.25, 0.3) is 6.08 Å². The Labute approximate surface area is 200 Å². The van der Waals surface area contributed by atoms with Crippen LogP contribution in [0.4, 0.5) is 0 Å². The maximum Gasteiger partial charge on any atom is 0.159 e. The normalized spacial score (nSPS) is 22.6. The summed E-state index contributed by atoms with van der Waals surface area (Å²) >= 11 is 12.4. The topological polar surface area (TPSA) is 69.6 Å². The third kappa shape index (κ3) is 5.81. The monoisotopic (exact) mass is 475 g/mol. The molecule has 0 bridgehead atoms. The summed E-state index contributed by atoms with van der Waals surface area (Å²) in [7, 11) is 0. The summed E-state index contributed by atoms with van der Waals surface area (Å²) in [5.74, 6) is -0.562. The Morgan fingerprint density at radius 1 is 1.22 bits per heavy atom. The molecule has 0 spiro atoms. The molecule has 3 rings (SSSR count). The average Bonchev–Trinajstić information content (AvgIpc) is 2.77. The van der Waals surface area contributed by atoms with Crippen molar-refractivity contribution in [1.82, 2.24) is 5.32 Å². The van der Waals surface area contributed by atoms with Crippen LogP contribution in [0.2, 0.25) is 10.0 Å². The SMILES string of the molecule is CCCC(=O)C(=Cc1cc(Cl)ccc1C)C(c1ccc(Cl)cc1)C1(O)CCNC(CO)C1. The predicted molar refractivity (Wildman–Crippen MR) is 131 cm³/mol. The highest BCUT2D eigenvalue weighted by molar-refractivity contribution is 6.31. The molecule has 0 radical (unpaired) electrons. The van der Waals surface area contributed by atoms with E-state index in [1.165, 1.54) is 0 Å². The number of ketones is 1. The summed E-state index contributed by atoms with van der Waals surface area (Å²) in [4.78, 5) is 13.5. The third-order valence-electron chi connectivity index (χ3n) is 6.21. The number of Topliss-reactive ketones (excluding diaryl/α,β-unsaturated/α-hetero) is 1. The van der Waals surface area contributed by atoms with E-state index in [4.69, 9.17) is 23.2 Å². The molecule has 6 heteroatoms. The van der Waals surface area contributed by atoms with Crippen LogP contribution >= 0.6 is 23.2 Å². The van der Waals surface area contributed by atoms with E-state index in [-0.39, 0.29) is 18.4 Å². The van der Waals surface area contributed by atoms with Crippen molar-refractivity contribution >= 4 is 35.1 Å². The second-order valence-corrected chi connectivity index (χ2v) is 9.52. The van der Waals surface area contributed by atoms with Gasteiger partial charge >= 0.3 is 0 Å². The van der Waals surface area contributed by atoms with E-state index < -0.39 is 11.5 Å². The number of rotatable bonds is 8. The molecule has 1 aliphatic heterocycles. The largest absolute Gasteiger partial charge is 0.395 e. The second kappa shape index (κ2) is 11.0. The number of halogens is 2. The minimum absolute atomic E-state index is 0.000619. The molecule has 0 aromatic heterocycles. The van der Waals surface area contributed by atoms with E-state index in [0.29, 0.717) is 47.8 Å². The summed E-state index contributed by atoms with van der Waals surface area (Å²) in [5.41, 5.74) is 2.03. The van der Waals surface area contributed by atoms with E-state index >= 15 is 0 Å². The molecule has 172 valence electrons. The van der Waals surface area contributed by atoms with Gasteiger partial charge < -0.3 is 15.5 Å². The Morgan fingerprint density at radius 3 is 2.56 bits per heavy atom. The average molecular weight is 476 g/mol. The van der Waals surface area contributed by atoms with Gasteiger partial charge in [-0.05, 0) is 79.8 Å². The van der Waals surface area contributed by atoms with E-state index in [9.17, 15) is 15.0 Å². The van der Waals surface area contributed by atoms with E-state index in [1.807, 2.05) is 50.3 Å². The first-order valence-corrected chi connectivity index (χ1v) is 11.9. The zero-order chi connectivity index (χ0) is 23.3. The van der Waals surface area contributed by atoms with Crippen LogP contribution in [0.15, 0.2) is 48.0 Å². The highest BCUT2D eigenvalue weighted by Gasteiger charge is 2.44. The molecule has 1 saturated heterocycles. The first-order valence-electron chi connectivity index (χ1n) is 11.1. The molecule has 0 saturated carbocycles. The fraction of sp³-hybridized carbons (Fsp3) is 0.423. The first kappa shape index (κ1) is 24.9. The Balaban J connectivity index is 2.21.